The van der Waals surface area contributed by atoms with E-state index in [1.54, 1.807) is 0 Å². The van der Waals surface area contributed by atoms with Crippen LogP contribution in [-0.4, -0.2) is 21.7 Å². The smallest absolute Gasteiger partial charge is 0.197 e. The zero-order valence-electron chi connectivity index (χ0n) is 10.8. The van der Waals surface area contributed by atoms with Crippen LogP contribution in [0.25, 0.3) is 11.0 Å². The van der Waals surface area contributed by atoms with Crippen LogP contribution in [0, 0.1) is 0 Å². The molecule has 1 aromatic carbocycles. The molecule has 0 bridgehead atoms. The molecule has 0 saturated carbocycles. The second-order valence-electron chi connectivity index (χ2n) is 4.37. The number of ether oxygens (including phenoxy) is 1. The molecule has 102 valence electrons. The first-order chi connectivity index (χ1) is 8.88. The highest BCUT2D eigenvalue weighted by atomic mass is 32.2. The quantitative estimate of drug-likeness (QED) is 0.932. The lowest BCUT2D eigenvalue weighted by atomic mass is 10.2. The topological polar surface area (TPSA) is 76.7 Å². The molecule has 19 heavy (non-hydrogen) atoms. The molecule has 0 aliphatic carbocycles. The van der Waals surface area contributed by atoms with Crippen LogP contribution >= 0.6 is 0 Å². The third-order valence-electron chi connectivity index (χ3n) is 2.42. The molecule has 1 heterocycles. The van der Waals surface area contributed by atoms with E-state index in [0.717, 1.165) is 6.07 Å². The zero-order valence-corrected chi connectivity index (χ0v) is 11.6. The molecule has 0 spiro atoms. The first-order valence-corrected chi connectivity index (χ1v) is 7.25. The van der Waals surface area contributed by atoms with Gasteiger partial charge in [-0.15, -0.1) is 0 Å². The molecule has 1 N–H and O–H groups in total. The number of phenolic OH excluding ortho intramolecular Hbond substituents is 1. The summed E-state index contributed by atoms with van der Waals surface area (Å²) in [5.41, 5.74) is -0.270. The summed E-state index contributed by atoms with van der Waals surface area (Å²) in [4.78, 5) is 11.9. The van der Waals surface area contributed by atoms with Crippen LogP contribution in [0.15, 0.2) is 32.5 Å². The minimum atomic E-state index is -1.41. The summed E-state index contributed by atoms with van der Waals surface area (Å²) in [7, 11) is -1.41. The Labute approximate surface area is 112 Å². The van der Waals surface area contributed by atoms with Gasteiger partial charge < -0.3 is 14.3 Å². The molecule has 1 unspecified atom stereocenters. The SMILES string of the molecule is CC(C)Oc1cc(O)c2c(=O)cc(S(C)=O)oc2c1. The standard InChI is InChI=1S/C13H14O5S/c1-7(2)17-8-4-9(14)13-10(15)6-12(19(3)16)18-11(13)5-8/h4-7,14H,1-3H3. The van der Waals surface area contributed by atoms with Gasteiger partial charge in [0.05, 0.1) is 16.9 Å². The normalized spacial score (nSPS) is 12.8. The van der Waals surface area contributed by atoms with Crippen molar-refractivity contribution in [2.24, 2.45) is 0 Å². The molecule has 2 rings (SSSR count). The van der Waals surface area contributed by atoms with E-state index >= 15 is 0 Å². The Bertz CT molecular complexity index is 702. The fraction of sp³-hybridized carbons (Fsp3) is 0.308. The first kappa shape index (κ1) is 13.6. The van der Waals surface area contributed by atoms with E-state index < -0.39 is 16.2 Å². The molecular weight excluding hydrogens is 268 g/mol. The van der Waals surface area contributed by atoms with Gasteiger partial charge in [0.1, 0.15) is 22.5 Å². The van der Waals surface area contributed by atoms with Crippen LogP contribution in [0.2, 0.25) is 0 Å². The van der Waals surface area contributed by atoms with E-state index in [2.05, 4.69) is 0 Å². The molecule has 2 aromatic rings. The average molecular weight is 282 g/mol. The maximum absolute atomic E-state index is 11.9. The predicted molar refractivity (Wildman–Crippen MR) is 72.2 cm³/mol. The Morgan fingerprint density at radius 2 is 2.00 bits per heavy atom. The van der Waals surface area contributed by atoms with Crippen molar-refractivity contribution >= 4 is 21.8 Å². The first-order valence-electron chi connectivity index (χ1n) is 5.69. The fourth-order valence-electron chi connectivity index (χ4n) is 1.70. The number of rotatable bonds is 3. The highest BCUT2D eigenvalue weighted by molar-refractivity contribution is 7.84. The van der Waals surface area contributed by atoms with E-state index in [9.17, 15) is 14.1 Å². The van der Waals surface area contributed by atoms with Gasteiger partial charge in [-0.1, -0.05) is 0 Å². The predicted octanol–water partition coefficient (Wildman–Crippen LogP) is 2.02. The number of benzene rings is 1. The fourth-order valence-corrected chi connectivity index (χ4v) is 2.18. The Morgan fingerprint density at radius 3 is 2.58 bits per heavy atom. The zero-order chi connectivity index (χ0) is 14.2. The van der Waals surface area contributed by atoms with Crippen LogP contribution in [0.4, 0.5) is 0 Å². The van der Waals surface area contributed by atoms with Gasteiger partial charge in [-0.25, -0.2) is 0 Å². The summed E-state index contributed by atoms with van der Waals surface area (Å²) in [5, 5.41) is 9.99. The number of hydrogen-bond acceptors (Lipinski definition) is 5. The van der Waals surface area contributed by atoms with Crippen molar-refractivity contribution < 1.29 is 18.5 Å². The molecule has 1 atom stereocenters. The van der Waals surface area contributed by atoms with E-state index in [4.69, 9.17) is 9.15 Å². The maximum atomic E-state index is 11.9. The maximum Gasteiger partial charge on any atom is 0.197 e. The summed E-state index contributed by atoms with van der Waals surface area (Å²) >= 11 is 0. The summed E-state index contributed by atoms with van der Waals surface area (Å²) in [6.45, 7) is 3.68. The van der Waals surface area contributed by atoms with Crippen molar-refractivity contribution in [3.05, 3.63) is 28.4 Å². The van der Waals surface area contributed by atoms with Crippen LogP contribution in [-0.2, 0) is 10.8 Å². The van der Waals surface area contributed by atoms with Crippen molar-refractivity contribution in [1.29, 1.82) is 0 Å². The Hall–Kier alpha value is -1.82. The third kappa shape index (κ3) is 2.78. The Kier molecular flexibility index (Phi) is 3.61. The second-order valence-corrected chi connectivity index (χ2v) is 5.68. The average Bonchev–Trinajstić information content (AvgIpc) is 2.26. The Morgan fingerprint density at radius 1 is 1.32 bits per heavy atom. The number of aromatic hydroxyl groups is 1. The molecule has 0 amide bonds. The van der Waals surface area contributed by atoms with Crippen LogP contribution < -0.4 is 10.2 Å². The summed E-state index contributed by atoms with van der Waals surface area (Å²) < 4.78 is 22.2. The molecule has 0 aliphatic heterocycles. The van der Waals surface area contributed by atoms with Crippen molar-refractivity contribution in [3.8, 4) is 11.5 Å². The van der Waals surface area contributed by atoms with E-state index in [1.807, 2.05) is 13.8 Å². The molecule has 0 saturated heterocycles. The monoisotopic (exact) mass is 282 g/mol. The minimum Gasteiger partial charge on any atom is -0.507 e. The summed E-state index contributed by atoms with van der Waals surface area (Å²) in [5.74, 6) is 0.178. The lowest BCUT2D eigenvalue weighted by molar-refractivity contribution is 0.241. The van der Waals surface area contributed by atoms with Gasteiger partial charge >= 0.3 is 0 Å². The summed E-state index contributed by atoms with van der Waals surface area (Å²) in [6, 6.07) is 4.00. The van der Waals surface area contributed by atoms with Gasteiger partial charge in [0.15, 0.2) is 10.5 Å². The van der Waals surface area contributed by atoms with E-state index in [0.29, 0.717) is 5.75 Å². The van der Waals surface area contributed by atoms with E-state index in [1.165, 1.54) is 18.4 Å². The molecule has 0 fully saturated rings. The van der Waals surface area contributed by atoms with Gasteiger partial charge in [0, 0.05) is 24.5 Å². The Balaban J connectivity index is 2.71. The third-order valence-corrected chi connectivity index (χ3v) is 3.18. The van der Waals surface area contributed by atoms with Crippen molar-refractivity contribution in [2.75, 3.05) is 6.26 Å². The highest BCUT2D eigenvalue weighted by Crippen LogP contribution is 2.29. The number of hydrogen-bond donors (Lipinski definition) is 1. The minimum absolute atomic E-state index is 0.0605. The lowest BCUT2D eigenvalue weighted by Crippen LogP contribution is -2.07. The van der Waals surface area contributed by atoms with Gasteiger partial charge in [-0.3, -0.25) is 9.00 Å². The van der Waals surface area contributed by atoms with Gasteiger partial charge in [0.2, 0.25) is 0 Å². The number of fused-ring (bicyclic) bond motifs is 1. The molecule has 0 radical (unpaired) electrons. The lowest BCUT2D eigenvalue weighted by Gasteiger charge is -2.11. The highest BCUT2D eigenvalue weighted by Gasteiger charge is 2.13. The molecular formula is C13H14O5S. The van der Waals surface area contributed by atoms with E-state index in [-0.39, 0.29) is 27.9 Å². The number of phenols is 1. The second kappa shape index (κ2) is 5.05. The molecule has 0 aliphatic rings. The van der Waals surface area contributed by atoms with Gasteiger partial charge in [0.25, 0.3) is 0 Å². The van der Waals surface area contributed by atoms with Crippen LogP contribution in [0.3, 0.4) is 0 Å². The largest absolute Gasteiger partial charge is 0.507 e. The summed E-state index contributed by atoms with van der Waals surface area (Å²) in [6.07, 6.45) is 1.34. The molecule has 6 heteroatoms. The van der Waals surface area contributed by atoms with Crippen molar-refractivity contribution in [1.82, 2.24) is 0 Å². The van der Waals surface area contributed by atoms with Crippen LogP contribution in [0.1, 0.15) is 13.8 Å². The van der Waals surface area contributed by atoms with Crippen molar-refractivity contribution in [2.45, 2.75) is 25.0 Å². The molecule has 5 nitrogen and oxygen atoms in total. The van der Waals surface area contributed by atoms with Crippen molar-refractivity contribution in [3.63, 3.8) is 0 Å². The van der Waals surface area contributed by atoms with Gasteiger partial charge in [-0.05, 0) is 13.8 Å². The van der Waals surface area contributed by atoms with Crippen LogP contribution in [0.5, 0.6) is 11.5 Å². The molecule has 1 aromatic heterocycles. The van der Waals surface area contributed by atoms with Gasteiger partial charge in [-0.2, -0.15) is 0 Å².